The molecule has 1 amide bonds. The third-order valence-corrected chi connectivity index (χ3v) is 4.13. The summed E-state index contributed by atoms with van der Waals surface area (Å²) in [6.45, 7) is 6.56. The highest BCUT2D eigenvalue weighted by molar-refractivity contribution is 5.92. The normalized spacial score (nSPS) is 10.4. The Hall–Kier alpha value is -3.21. The number of benzene rings is 2. The van der Waals surface area contributed by atoms with Gasteiger partial charge in [-0.3, -0.25) is 4.79 Å². The summed E-state index contributed by atoms with van der Waals surface area (Å²) < 4.78 is 0. The average molecular weight is 346 g/mol. The number of aromatic nitrogens is 2. The van der Waals surface area contributed by atoms with Crippen LogP contribution in [0.25, 0.3) is 0 Å². The van der Waals surface area contributed by atoms with Crippen LogP contribution < -0.4 is 10.6 Å². The quantitative estimate of drug-likeness (QED) is 0.731. The van der Waals surface area contributed by atoms with Crippen LogP contribution in [-0.4, -0.2) is 16.1 Å². The lowest BCUT2D eigenvalue weighted by molar-refractivity contribution is 0.0945. The third kappa shape index (κ3) is 4.45. The molecule has 3 rings (SSSR count). The maximum absolute atomic E-state index is 12.2. The molecule has 132 valence electrons. The van der Waals surface area contributed by atoms with E-state index in [9.17, 15) is 4.79 Å². The molecule has 0 fully saturated rings. The molecule has 0 bridgehead atoms. The first-order chi connectivity index (χ1) is 12.5. The van der Waals surface area contributed by atoms with E-state index in [4.69, 9.17) is 0 Å². The maximum atomic E-state index is 12.2. The molecule has 0 unspecified atom stereocenters. The summed E-state index contributed by atoms with van der Waals surface area (Å²) in [5, 5.41) is 14.2. The maximum Gasteiger partial charge on any atom is 0.272 e. The van der Waals surface area contributed by atoms with E-state index in [0.717, 1.165) is 22.4 Å². The van der Waals surface area contributed by atoms with Gasteiger partial charge in [0, 0.05) is 12.2 Å². The van der Waals surface area contributed by atoms with Crippen LogP contribution in [0, 0.1) is 20.8 Å². The molecular formula is C21H22N4O. The topological polar surface area (TPSA) is 66.9 Å². The van der Waals surface area contributed by atoms with Crippen LogP contribution in [-0.2, 0) is 6.54 Å². The van der Waals surface area contributed by atoms with Gasteiger partial charge in [-0.2, -0.15) is 0 Å². The van der Waals surface area contributed by atoms with Crippen LogP contribution in [0.5, 0.6) is 0 Å². The Labute approximate surface area is 153 Å². The molecule has 2 N–H and O–H groups in total. The molecular weight excluding hydrogens is 324 g/mol. The summed E-state index contributed by atoms with van der Waals surface area (Å²) in [4.78, 5) is 12.2. The van der Waals surface area contributed by atoms with Crippen molar-refractivity contribution in [3.8, 4) is 0 Å². The minimum Gasteiger partial charge on any atom is -0.347 e. The van der Waals surface area contributed by atoms with Gasteiger partial charge in [0.25, 0.3) is 5.91 Å². The highest BCUT2D eigenvalue weighted by Crippen LogP contribution is 2.20. The summed E-state index contributed by atoms with van der Waals surface area (Å²) in [5.74, 6) is 0.366. The molecule has 1 aromatic heterocycles. The SMILES string of the molecule is Cc1ccc(CNC(=O)c2ccc(Nc3cc(C)ccc3C)nn2)cc1. The lowest BCUT2D eigenvalue weighted by atomic mass is 10.1. The van der Waals surface area contributed by atoms with Crippen molar-refractivity contribution in [1.82, 2.24) is 15.5 Å². The lowest BCUT2D eigenvalue weighted by Crippen LogP contribution is -2.24. The minimum atomic E-state index is -0.239. The first-order valence-electron chi connectivity index (χ1n) is 8.53. The number of rotatable bonds is 5. The Kier molecular flexibility index (Phi) is 5.27. The van der Waals surface area contributed by atoms with E-state index in [1.54, 1.807) is 12.1 Å². The van der Waals surface area contributed by atoms with Gasteiger partial charge >= 0.3 is 0 Å². The number of nitrogens with one attached hydrogen (secondary N) is 2. The zero-order valence-corrected chi connectivity index (χ0v) is 15.2. The van der Waals surface area contributed by atoms with Crippen LogP contribution >= 0.6 is 0 Å². The third-order valence-electron chi connectivity index (χ3n) is 4.13. The van der Waals surface area contributed by atoms with Gasteiger partial charge in [0.1, 0.15) is 0 Å². The smallest absolute Gasteiger partial charge is 0.272 e. The van der Waals surface area contributed by atoms with E-state index in [0.29, 0.717) is 18.1 Å². The van der Waals surface area contributed by atoms with Gasteiger partial charge in [0.2, 0.25) is 0 Å². The van der Waals surface area contributed by atoms with Crippen molar-refractivity contribution in [2.24, 2.45) is 0 Å². The summed E-state index contributed by atoms with van der Waals surface area (Å²) in [6, 6.07) is 17.6. The fourth-order valence-corrected chi connectivity index (χ4v) is 2.51. The number of hydrogen-bond donors (Lipinski definition) is 2. The van der Waals surface area contributed by atoms with Crippen molar-refractivity contribution >= 4 is 17.4 Å². The van der Waals surface area contributed by atoms with Crippen molar-refractivity contribution in [3.05, 3.63) is 82.5 Å². The molecule has 0 radical (unpaired) electrons. The van der Waals surface area contributed by atoms with Gasteiger partial charge in [0.05, 0.1) is 0 Å². The monoisotopic (exact) mass is 346 g/mol. The predicted molar refractivity (Wildman–Crippen MR) is 104 cm³/mol. The van der Waals surface area contributed by atoms with Crippen LogP contribution in [0.4, 0.5) is 11.5 Å². The van der Waals surface area contributed by atoms with Gasteiger partial charge in [-0.15, -0.1) is 10.2 Å². The van der Waals surface area contributed by atoms with Crippen LogP contribution in [0.1, 0.15) is 32.7 Å². The van der Waals surface area contributed by atoms with E-state index < -0.39 is 0 Å². The number of amides is 1. The van der Waals surface area contributed by atoms with Crippen molar-refractivity contribution in [2.45, 2.75) is 27.3 Å². The fraction of sp³-hybridized carbons (Fsp3) is 0.190. The van der Waals surface area contributed by atoms with Crippen LogP contribution in [0.15, 0.2) is 54.6 Å². The van der Waals surface area contributed by atoms with E-state index >= 15 is 0 Å². The van der Waals surface area contributed by atoms with Gasteiger partial charge in [-0.05, 0) is 55.7 Å². The number of carbonyl (C=O) groups is 1. The highest BCUT2D eigenvalue weighted by Gasteiger charge is 2.08. The Morgan fingerprint density at radius 3 is 2.31 bits per heavy atom. The van der Waals surface area contributed by atoms with Crippen LogP contribution in [0.3, 0.4) is 0 Å². The van der Waals surface area contributed by atoms with E-state index in [-0.39, 0.29) is 5.91 Å². The second-order valence-corrected chi connectivity index (χ2v) is 6.42. The predicted octanol–water partition coefficient (Wildman–Crippen LogP) is 4.08. The average Bonchev–Trinajstić information content (AvgIpc) is 2.64. The summed E-state index contributed by atoms with van der Waals surface area (Å²) in [6.07, 6.45) is 0. The Morgan fingerprint density at radius 2 is 1.62 bits per heavy atom. The summed E-state index contributed by atoms with van der Waals surface area (Å²) in [7, 11) is 0. The molecule has 0 aliphatic rings. The molecule has 0 aliphatic carbocycles. The van der Waals surface area contributed by atoms with Crippen molar-refractivity contribution in [2.75, 3.05) is 5.32 Å². The zero-order chi connectivity index (χ0) is 18.5. The Morgan fingerprint density at radius 1 is 0.885 bits per heavy atom. The fourth-order valence-electron chi connectivity index (χ4n) is 2.51. The van der Waals surface area contributed by atoms with E-state index in [2.05, 4.69) is 39.0 Å². The van der Waals surface area contributed by atoms with Crippen LogP contribution in [0.2, 0.25) is 0 Å². The van der Waals surface area contributed by atoms with Crippen molar-refractivity contribution in [3.63, 3.8) is 0 Å². The second-order valence-electron chi connectivity index (χ2n) is 6.42. The molecule has 0 saturated carbocycles. The highest BCUT2D eigenvalue weighted by atomic mass is 16.1. The molecule has 5 nitrogen and oxygen atoms in total. The van der Waals surface area contributed by atoms with Gasteiger partial charge in [-0.25, -0.2) is 0 Å². The summed E-state index contributed by atoms with van der Waals surface area (Å²) in [5.41, 5.74) is 5.80. The van der Waals surface area contributed by atoms with Crippen molar-refractivity contribution < 1.29 is 4.79 Å². The Balaban J connectivity index is 1.62. The lowest BCUT2D eigenvalue weighted by Gasteiger charge is -2.10. The number of nitrogens with zero attached hydrogens (tertiary/aromatic N) is 2. The number of aryl methyl sites for hydroxylation is 3. The van der Waals surface area contributed by atoms with E-state index in [1.165, 1.54) is 5.56 Å². The van der Waals surface area contributed by atoms with Gasteiger partial charge < -0.3 is 10.6 Å². The number of anilines is 2. The van der Waals surface area contributed by atoms with Crippen molar-refractivity contribution in [1.29, 1.82) is 0 Å². The Bertz CT molecular complexity index is 902. The van der Waals surface area contributed by atoms with E-state index in [1.807, 2.05) is 45.0 Å². The second kappa shape index (κ2) is 7.78. The first-order valence-corrected chi connectivity index (χ1v) is 8.53. The standard InChI is InChI=1S/C21H22N4O/c1-14-5-8-17(9-6-14)13-22-21(26)18-10-11-20(25-24-18)23-19-12-15(2)4-7-16(19)3/h4-12H,13H2,1-3H3,(H,22,26)(H,23,25). The minimum absolute atomic E-state index is 0.239. The van der Waals surface area contributed by atoms with Gasteiger partial charge in [0.15, 0.2) is 11.5 Å². The first kappa shape index (κ1) is 17.6. The molecule has 5 heteroatoms. The molecule has 2 aromatic carbocycles. The summed E-state index contributed by atoms with van der Waals surface area (Å²) >= 11 is 0. The number of carbonyl (C=O) groups excluding carboxylic acids is 1. The molecule has 0 saturated heterocycles. The molecule has 26 heavy (non-hydrogen) atoms. The molecule has 3 aromatic rings. The van der Waals surface area contributed by atoms with Gasteiger partial charge in [-0.1, -0.05) is 42.0 Å². The molecule has 0 aliphatic heterocycles. The largest absolute Gasteiger partial charge is 0.347 e. The molecule has 1 heterocycles. The number of hydrogen-bond acceptors (Lipinski definition) is 4. The molecule has 0 atom stereocenters. The zero-order valence-electron chi connectivity index (χ0n) is 15.2. The molecule has 0 spiro atoms.